The first-order chi connectivity index (χ1) is 27.3. The zero-order chi connectivity index (χ0) is 36.3. The highest BCUT2D eigenvalue weighted by Crippen LogP contribution is 2.46. The van der Waals surface area contributed by atoms with Crippen molar-refractivity contribution in [1.29, 1.82) is 0 Å². The van der Waals surface area contributed by atoms with Gasteiger partial charge in [0.25, 0.3) is 0 Å². The molecule has 0 spiro atoms. The molecule has 0 atom stereocenters. The van der Waals surface area contributed by atoms with Crippen LogP contribution >= 0.6 is 0 Å². The van der Waals surface area contributed by atoms with Crippen LogP contribution in [0.5, 0.6) is 0 Å². The summed E-state index contributed by atoms with van der Waals surface area (Å²) < 4.78 is 6.61. The van der Waals surface area contributed by atoms with Crippen molar-refractivity contribution in [1.82, 2.24) is 15.0 Å². The Morgan fingerprint density at radius 1 is 0.309 bits per heavy atom. The zero-order valence-corrected chi connectivity index (χ0v) is 29.6. The monoisotopic (exact) mass is 701 g/mol. The van der Waals surface area contributed by atoms with E-state index in [4.69, 9.17) is 19.4 Å². The van der Waals surface area contributed by atoms with Crippen LogP contribution in [0.15, 0.2) is 192 Å². The van der Waals surface area contributed by atoms with Gasteiger partial charge in [-0.25, -0.2) is 15.0 Å². The first kappa shape index (κ1) is 31.1. The van der Waals surface area contributed by atoms with Crippen LogP contribution in [0.2, 0.25) is 0 Å². The van der Waals surface area contributed by atoms with E-state index in [1.165, 1.54) is 5.56 Å². The summed E-state index contributed by atoms with van der Waals surface area (Å²) in [6, 6.07) is 65.4. The second-order valence-electron chi connectivity index (χ2n) is 13.9. The van der Waals surface area contributed by atoms with Crippen LogP contribution in [0.4, 0.5) is 0 Å². The molecule has 11 aromatic rings. The molecule has 0 saturated heterocycles. The van der Waals surface area contributed by atoms with Gasteiger partial charge >= 0.3 is 0 Å². The standard InChI is InChI=1S/C51H31N3O/c1-3-14-32(15-4-1)33-26-28-35(29-27-33)51-53-43-24-11-8-21-39(43)49(54-51)36-18-13-19-37(30-36)50-41-31-45-48(40-22-9-12-25-44(40)55-45)46(34-16-5-2-6-17-34)47(41)38-20-7-10-23-42(38)52-50/h1-31H. The molecule has 0 amide bonds. The van der Waals surface area contributed by atoms with Gasteiger partial charge in [-0.3, -0.25) is 0 Å². The molecule has 0 saturated carbocycles. The van der Waals surface area contributed by atoms with Crippen molar-refractivity contribution in [2.75, 3.05) is 0 Å². The summed E-state index contributed by atoms with van der Waals surface area (Å²) in [5.74, 6) is 0.688. The minimum Gasteiger partial charge on any atom is -0.456 e. The highest BCUT2D eigenvalue weighted by atomic mass is 16.3. The Balaban J connectivity index is 1.14. The SMILES string of the molecule is c1ccc(-c2ccc(-c3nc(-c4cccc(-c5nc6ccccc6c6c(-c7ccccc7)c7c(cc56)oc5ccccc57)c4)c4ccccc4n3)cc2)cc1. The van der Waals surface area contributed by atoms with Gasteiger partial charge < -0.3 is 4.42 Å². The van der Waals surface area contributed by atoms with Crippen LogP contribution in [0.1, 0.15) is 0 Å². The van der Waals surface area contributed by atoms with E-state index in [1.807, 2.05) is 24.3 Å². The van der Waals surface area contributed by atoms with Crippen molar-refractivity contribution in [3.05, 3.63) is 188 Å². The smallest absolute Gasteiger partial charge is 0.160 e. The summed E-state index contributed by atoms with van der Waals surface area (Å²) in [7, 11) is 0. The Bertz CT molecular complexity index is 3240. The lowest BCUT2D eigenvalue weighted by Crippen LogP contribution is -1.96. The van der Waals surface area contributed by atoms with E-state index in [-0.39, 0.29) is 0 Å². The van der Waals surface area contributed by atoms with Crippen LogP contribution in [-0.2, 0) is 0 Å². The molecule has 0 aliphatic heterocycles. The molecule has 4 heteroatoms. The quantitative estimate of drug-likeness (QED) is 0.168. The Kier molecular flexibility index (Phi) is 7.14. The molecule has 8 aromatic carbocycles. The van der Waals surface area contributed by atoms with Gasteiger partial charge in [0, 0.05) is 54.6 Å². The third-order valence-corrected chi connectivity index (χ3v) is 10.7. The minimum absolute atomic E-state index is 0.688. The highest BCUT2D eigenvalue weighted by Gasteiger charge is 2.22. The average molecular weight is 702 g/mol. The molecule has 3 heterocycles. The summed E-state index contributed by atoms with van der Waals surface area (Å²) in [5.41, 5.74) is 12.9. The molecule has 0 aliphatic rings. The minimum atomic E-state index is 0.688. The first-order valence-corrected chi connectivity index (χ1v) is 18.5. The maximum atomic E-state index is 6.61. The van der Waals surface area contributed by atoms with Crippen LogP contribution < -0.4 is 0 Å². The normalized spacial score (nSPS) is 11.6. The number of aromatic nitrogens is 3. The third-order valence-electron chi connectivity index (χ3n) is 10.7. The van der Waals surface area contributed by atoms with Crippen LogP contribution in [0, 0.1) is 0 Å². The molecule has 55 heavy (non-hydrogen) atoms. The van der Waals surface area contributed by atoms with Crippen LogP contribution in [0.3, 0.4) is 0 Å². The summed E-state index contributed by atoms with van der Waals surface area (Å²) in [4.78, 5) is 15.7. The van der Waals surface area contributed by atoms with Crippen molar-refractivity contribution >= 4 is 54.5 Å². The van der Waals surface area contributed by atoms with Crippen molar-refractivity contribution in [2.45, 2.75) is 0 Å². The van der Waals surface area contributed by atoms with Gasteiger partial charge in [0.1, 0.15) is 11.2 Å². The van der Waals surface area contributed by atoms with Gasteiger partial charge in [-0.15, -0.1) is 0 Å². The molecular weight excluding hydrogens is 671 g/mol. The predicted molar refractivity (Wildman–Crippen MR) is 227 cm³/mol. The first-order valence-electron chi connectivity index (χ1n) is 18.5. The number of hydrogen-bond acceptors (Lipinski definition) is 4. The van der Waals surface area contributed by atoms with Gasteiger partial charge in [-0.1, -0.05) is 158 Å². The number of benzene rings is 8. The number of hydrogen-bond donors (Lipinski definition) is 0. The maximum absolute atomic E-state index is 6.61. The fourth-order valence-electron chi connectivity index (χ4n) is 8.11. The van der Waals surface area contributed by atoms with E-state index in [2.05, 4.69) is 164 Å². The number of fused-ring (bicyclic) bond motifs is 7. The van der Waals surface area contributed by atoms with E-state index in [0.29, 0.717) is 5.82 Å². The predicted octanol–water partition coefficient (Wildman–Crippen LogP) is 13.6. The fourth-order valence-corrected chi connectivity index (χ4v) is 8.11. The maximum Gasteiger partial charge on any atom is 0.160 e. The summed E-state index contributed by atoms with van der Waals surface area (Å²) in [6.45, 7) is 0. The Hall–Kier alpha value is -7.43. The van der Waals surface area contributed by atoms with Gasteiger partial charge in [0.2, 0.25) is 0 Å². The molecule has 256 valence electrons. The molecule has 0 fully saturated rings. The zero-order valence-electron chi connectivity index (χ0n) is 29.6. The Labute approximate surface area is 317 Å². The van der Waals surface area contributed by atoms with Gasteiger partial charge in [0.05, 0.1) is 22.4 Å². The van der Waals surface area contributed by atoms with Crippen molar-refractivity contribution < 1.29 is 4.42 Å². The molecule has 0 aliphatic carbocycles. The summed E-state index contributed by atoms with van der Waals surface area (Å²) in [5, 5.41) is 6.51. The van der Waals surface area contributed by atoms with Crippen molar-refractivity contribution in [3.63, 3.8) is 0 Å². The number of para-hydroxylation sites is 3. The lowest BCUT2D eigenvalue weighted by Gasteiger charge is -2.16. The lowest BCUT2D eigenvalue weighted by molar-refractivity contribution is 0.669. The number of rotatable bonds is 5. The average Bonchev–Trinajstić information content (AvgIpc) is 3.64. The van der Waals surface area contributed by atoms with E-state index < -0.39 is 0 Å². The van der Waals surface area contributed by atoms with E-state index in [1.54, 1.807) is 0 Å². The molecule has 4 nitrogen and oxygen atoms in total. The third kappa shape index (κ3) is 5.19. The second-order valence-corrected chi connectivity index (χ2v) is 13.9. The van der Waals surface area contributed by atoms with Crippen molar-refractivity contribution in [2.24, 2.45) is 0 Å². The topological polar surface area (TPSA) is 51.8 Å². The molecule has 0 radical (unpaired) electrons. The van der Waals surface area contributed by atoms with E-state index >= 15 is 0 Å². The van der Waals surface area contributed by atoms with Gasteiger partial charge in [0.15, 0.2) is 5.82 Å². The van der Waals surface area contributed by atoms with Gasteiger partial charge in [-0.2, -0.15) is 0 Å². The second kappa shape index (κ2) is 12.6. The molecule has 0 unspecified atom stereocenters. The molecule has 3 aromatic heterocycles. The molecular formula is C51H31N3O. The lowest BCUT2D eigenvalue weighted by atomic mass is 9.89. The van der Waals surface area contributed by atoms with Crippen LogP contribution in [0.25, 0.3) is 111 Å². The van der Waals surface area contributed by atoms with Crippen LogP contribution in [-0.4, -0.2) is 15.0 Å². The van der Waals surface area contributed by atoms with Crippen molar-refractivity contribution in [3.8, 4) is 56.2 Å². The van der Waals surface area contributed by atoms with Gasteiger partial charge in [-0.05, 0) is 47.0 Å². The largest absolute Gasteiger partial charge is 0.456 e. The Morgan fingerprint density at radius 3 is 1.60 bits per heavy atom. The molecule has 0 bridgehead atoms. The number of nitrogens with zero attached hydrogens (tertiary/aromatic N) is 3. The summed E-state index contributed by atoms with van der Waals surface area (Å²) in [6.07, 6.45) is 0. The Morgan fingerprint density at radius 2 is 0.855 bits per heavy atom. The fraction of sp³-hybridized carbons (Fsp3) is 0. The number of furan rings is 1. The van der Waals surface area contributed by atoms with E-state index in [0.717, 1.165) is 99.3 Å². The number of pyridine rings is 1. The summed E-state index contributed by atoms with van der Waals surface area (Å²) >= 11 is 0. The highest BCUT2D eigenvalue weighted by molar-refractivity contribution is 6.27. The molecule has 11 rings (SSSR count). The van der Waals surface area contributed by atoms with E-state index in [9.17, 15) is 0 Å². The molecule has 0 N–H and O–H groups in total.